The number of hydrogen-bond acceptors (Lipinski definition) is 4. The molecule has 3 aromatic carbocycles. The van der Waals surface area contributed by atoms with Crippen LogP contribution < -0.4 is 14.4 Å². The van der Waals surface area contributed by atoms with Gasteiger partial charge in [-0.2, -0.15) is 0 Å². The zero-order chi connectivity index (χ0) is 23.0. The Hall–Kier alpha value is -3.32. The van der Waals surface area contributed by atoms with Crippen LogP contribution in [0.25, 0.3) is 0 Å². The van der Waals surface area contributed by atoms with E-state index in [-0.39, 0.29) is 24.6 Å². The van der Waals surface area contributed by atoms with Crippen LogP contribution in [0.3, 0.4) is 0 Å². The second-order valence-corrected chi connectivity index (χ2v) is 9.41. The van der Waals surface area contributed by atoms with Crippen molar-refractivity contribution in [3.63, 3.8) is 0 Å². The third-order valence-corrected chi connectivity index (χ3v) is 6.67. The molecule has 0 aliphatic rings. The Morgan fingerprint density at radius 2 is 1.50 bits per heavy atom. The quantitative estimate of drug-likeness (QED) is 0.468. The third-order valence-electron chi connectivity index (χ3n) is 4.89. The predicted molar refractivity (Wildman–Crippen MR) is 126 cm³/mol. The highest BCUT2D eigenvalue weighted by molar-refractivity contribution is 7.92. The molecular weight excluding hydrogens is 424 g/mol. The summed E-state index contributed by atoms with van der Waals surface area (Å²) < 4.78 is 33.4. The lowest BCUT2D eigenvalue weighted by molar-refractivity contribution is -0.119. The number of rotatable bonds is 10. The Kier molecular flexibility index (Phi) is 7.89. The maximum Gasteiger partial charge on any atom is 0.264 e. The number of carbonyl (C=O) groups excluding carboxylic acids is 1. The van der Waals surface area contributed by atoms with Crippen LogP contribution in [-0.4, -0.2) is 34.0 Å². The summed E-state index contributed by atoms with van der Waals surface area (Å²) in [7, 11) is -3.90. The molecular formula is C25H28N2O4S. The van der Waals surface area contributed by atoms with E-state index in [1.54, 1.807) is 48.5 Å². The van der Waals surface area contributed by atoms with E-state index in [2.05, 4.69) is 19.2 Å². The van der Waals surface area contributed by atoms with Gasteiger partial charge in [-0.15, -0.1) is 0 Å². The Morgan fingerprint density at radius 3 is 2.16 bits per heavy atom. The lowest BCUT2D eigenvalue weighted by Crippen LogP contribution is -2.41. The highest BCUT2D eigenvalue weighted by Crippen LogP contribution is 2.26. The Labute approximate surface area is 189 Å². The first-order valence-corrected chi connectivity index (χ1v) is 11.9. The fraction of sp³-hybridized carbons (Fsp3) is 0.240. The molecule has 1 amide bonds. The zero-order valence-electron chi connectivity index (χ0n) is 18.3. The van der Waals surface area contributed by atoms with Gasteiger partial charge in [-0.3, -0.25) is 9.10 Å². The van der Waals surface area contributed by atoms with E-state index in [1.807, 2.05) is 24.3 Å². The van der Waals surface area contributed by atoms with E-state index in [0.29, 0.717) is 11.6 Å². The van der Waals surface area contributed by atoms with Crippen LogP contribution in [0.2, 0.25) is 0 Å². The largest absolute Gasteiger partial charge is 0.491 e. The molecule has 0 fully saturated rings. The van der Waals surface area contributed by atoms with Crippen LogP contribution in [0, 0.1) is 0 Å². The normalized spacial score (nSPS) is 11.2. The molecule has 0 bridgehead atoms. The number of amides is 1. The molecule has 7 heteroatoms. The van der Waals surface area contributed by atoms with E-state index < -0.39 is 15.9 Å². The van der Waals surface area contributed by atoms with Crippen molar-refractivity contribution in [3.8, 4) is 5.75 Å². The molecule has 1 N–H and O–H groups in total. The van der Waals surface area contributed by atoms with Gasteiger partial charge in [-0.05, 0) is 41.8 Å². The van der Waals surface area contributed by atoms with Crippen LogP contribution in [0.5, 0.6) is 5.75 Å². The van der Waals surface area contributed by atoms with Gasteiger partial charge < -0.3 is 10.1 Å². The number of sulfonamides is 1. The third kappa shape index (κ3) is 5.88. The molecule has 3 rings (SSSR count). The molecule has 0 aliphatic heterocycles. The Bertz CT molecular complexity index is 1120. The number of benzene rings is 3. The number of ether oxygens (including phenoxy) is 1. The van der Waals surface area contributed by atoms with Crippen molar-refractivity contribution in [2.45, 2.75) is 24.7 Å². The van der Waals surface area contributed by atoms with E-state index in [1.165, 1.54) is 12.1 Å². The van der Waals surface area contributed by atoms with Gasteiger partial charge in [0.25, 0.3) is 10.0 Å². The Balaban J connectivity index is 1.65. The van der Waals surface area contributed by atoms with Gasteiger partial charge in [0.05, 0.1) is 17.1 Å². The second kappa shape index (κ2) is 10.8. The molecule has 6 nitrogen and oxygen atoms in total. The monoisotopic (exact) mass is 452 g/mol. The summed E-state index contributed by atoms with van der Waals surface area (Å²) in [5.74, 6) is 0.701. The van der Waals surface area contributed by atoms with Crippen molar-refractivity contribution >= 4 is 21.6 Å². The number of carbonyl (C=O) groups is 1. The summed E-state index contributed by atoms with van der Waals surface area (Å²) >= 11 is 0. The maximum absolute atomic E-state index is 13.2. The van der Waals surface area contributed by atoms with Crippen molar-refractivity contribution in [1.29, 1.82) is 0 Å². The average molecular weight is 453 g/mol. The number of nitrogens with one attached hydrogen (secondary N) is 1. The van der Waals surface area contributed by atoms with Gasteiger partial charge in [0.15, 0.2) is 0 Å². The first-order chi connectivity index (χ1) is 15.4. The molecule has 0 heterocycles. The average Bonchev–Trinajstić information content (AvgIpc) is 2.81. The van der Waals surface area contributed by atoms with Crippen molar-refractivity contribution in [2.75, 3.05) is 24.0 Å². The van der Waals surface area contributed by atoms with Crippen molar-refractivity contribution in [3.05, 3.63) is 90.5 Å². The molecule has 0 spiro atoms. The van der Waals surface area contributed by atoms with Crippen molar-refractivity contribution < 1.29 is 17.9 Å². The maximum atomic E-state index is 13.2. The fourth-order valence-electron chi connectivity index (χ4n) is 3.26. The molecule has 0 saturated heterocycles. The van der Waals surface area contributed by atoms with Gasteiger partial charge in [0.1, 0.15) is 18.9 Å². The zero-order valence-corrected chi connectivity index (χ0v) is 19.1. The lowest BCUT2D eigenvalue weighted by atomic mass is 10.0. The van der Waals surface area contributed by atoms with Crippen LogP contribution in [0.15, 0.2) is 89.8 Å². The topological polar surface area (TPSA) is 75.7 Å². The molecule has 0 aliphatic carbocycles. The van der Waals surface area contributed by atoms with E-state index in [4.69, 9.17) is 4.74 Å². The second-order valence-electron chi connectivity index (χ2n) is 7.55. The molecule has 32 heavy (non-hydrogen) atoms. The van der Waals surface area contributed by atoms with Gasteiger partial charge in [0, 0.05) is 0 Å². The summed E-state index contributed by atoms with van der Waals surface area (Å²) in [4.78, 5) is 12.7. The minimum atomic E-state index is -3.90. The minimum Gasteiger partial charge on any atom is -0.491 e. The lowest BCUT2D eigenvalue weighted by Gasteiger charge is -2.24. The first kappa shape index (κ1) is 23.3. The fourth-order valence-corrected chi connectivity index (χ4v) is 4.70. The van der Waals surface area contributed by atoms with E-state index >= 15 is 0 Å². The van der Waals surface area contributed by atoms with Crippen LogP contribution >= 0.6 is 0 Å². The Morgan fingerprint density at radius 1 is 0.906 bits per heavy atom. The van der Waals surface area contributed by atoms with Crippen LogP contribution in [0.4, 0.5) is 5.69 Å². The van der Waals surface area contributed by atoms with E-state index in [0.717, 1.165) is 15.6 Å². The number of para-hydroxylation sites is 2. The summed E-state index contributed by atoms with van der Waals surface area (Å²) in [5.41, 5.74) is 1.52. The van der Waals surface area contributed by atoms with E-state index in [9.17, 15) is 13.2 Å². The van der Waals surface area contributed by atoms with Crippen LogP contribution in [-0.2, 0) is 14.8 Å². The van der Waals surface area contributed by atoms with Crippen molar-refractivity contribution in [2.24, 2.45) is 0 Å². The van der Waals surface area contributed by atoms with Crippen molar-refractivity contribution in [1.82, 2.24) is 5.32 Å². The summed E-state index contributed by atoms with van der Waals surface area (Å²) in [6, 6.07) is 24.5. The van der Waals surface area contributed by atoms with Gasteiger partial charge in [-0.1, -0.05) is 68.4 Å². The number of nitrogens with zero attached hydrogens (tertiary/aromatic N) is 1. The molecule has 0 unspecified atom stereocenters. The molecule has 0 atom stereocenters. The first-order valence-electron chi connectivity index (χ1n) is 10.5. The number of hydrogen-bond donors (Lipinski definition) is 1. The smallest absolute Gasteiger partial charge is 0.264 e. The molecule has 3 aromatic rings. The standard InChI is InChI=1S/C25H28N2O4S/c1-20(2)23-15-9-10-16-24(23)31-18-17-26-25(28)19-27(21-11-5-3-6-12-21)32(29,30)22-13-7-4-8-14-22/h3-16,20H,17-19H2,1-2H3,(H,26,28). The molecule has 0 radical (unpaired) electrons. The SMILES string of the molecule is CC(C)c1ccccc1OCCNC(=O)CN(c1ccccc1)S(=O)(=O)c1ccccc1. The highest BCUT2D eigenvalue weighted by Gasteiger charge is 2.26. The number of anilines is 1. The highest BCUT2D eigenvalue weighted by atomic mass is 32.2. The molecule has 0 saturated carbocycles. The van der Waals surface area contributed by atoms with Gasteiger partial charge in [-0.25, -0.2) is 8.42 Å². The molecule has 168 valence electrons. The van der Waals surface area contributed by atoms with Crippen LogP contribution in [0.1, 0.15) is 25.3 Å². The summed E-state index contributed by atoms with van der Waals surface area (Å²) in [6.07, 6.45) is 0. The van der Waals surface area contributed by atoms with Gasteiger partial charge in [0.2, 0.25) is 5.91 Å². The summed E-state index contributed by atoms with van der Waals surface area (Å²) in [6.45, 7) is 4.40. The molecule has 0 aromatic heterocycles. The predicted octanol–water partition coefficient (Wildman–Crippen LogP) is 4.20. The van der Waals surface area contributed by atoms with Gasteiger partial charge >= 0.3 is 0 Å². The summed E-state index contributed by atoms with van der Waals surface area (Å²) in [5, 5.41) is 2.76. The minimum absolute atomic E-state index is 0.130.